The highest BCUT2D eigenvalue weighted by molar-refractivity contribution is 5.78. The Hall–Kier alpha value is -1.06. The van der Waals surface area contributed by atoms with Gasteiger partial charge in [0.15, 0.2) is 0 Å². The first-order chi connectivity index (χ1) is 9.08. The minimum Gasteiger partial charge on any atom is -0.481 e. The number of carbonyl (C=O) groups is 2. The first kappa shape index (κ1) is 16.0. The summed E-state index contributed by atoms with van der Waals surface area (Å²) in [6, 6.07) is -0.159. The Labute approximate surface area is 116 Å². The van der Waals surface area contributed by atoms with Crippen LogP contribution in [0.2, 0.25) is 0 Å². The Morgan fingerprint density at radius 2 is 2.05 bits per heavy atom. The molecule has 1 saturated carbocycles. The highest BCUT2D eigenvalue weighted by Crippen LogP contribution is 2.26. The van der Waals surface area contributed by atoms with E-state index in [0.29, 0.717) is 18.8 Å². The fourth-order valence-electron chi connectivity index (χ4n) is 2.90. The van der Waals surface area contributed by atoms with E-state index in [1.807, 2.05) is 0 Å². The van der Waals surface area contributed by atoms with E-state index in [-0.39, 0.29) is 17.9 Å². The smallest absolute Gasteiger partial charge is 0.308 e. The second-order valence-electron chi connectivity index (χ2n) is 5.67. The molecule has 1 unspecified atom stereocenters. The third kappa shape index (κ3) is 5.21. The van der Waals surface area contributed by atoms with Gasteiger partial charge in [0.2, 0.25) is 5.91 Å². The van der Waals surface area contributed by atoms with E-state index in [1.54, 1.807) is 0 Å². The highest BCUT2D eigenvalue weighted by atomic mass is 16.4. The molecule has 0 spiro atoms. The number of aliphatic carboxylic acids is 1. The zero-order valence-electron chi connectivity index (χ0n) is 12.2. The van der Waals surface area contributed by atoms with E-state index in [4.69, 9.17) is 5.11 Å². The van der Waals surface area contributed by atoms with Crippen LogP contribution < -0.4 is 5.32 Å². The van der Waals surface area contributed by atoms with Crippen LogP contribution in [0.25, 0.3) is 0 Å². The largest absolute Gasteiger partial charge is 0.481 e. The van der Waals surface area contributed by atoms with E-state index < -0.39 is 5.97 Å². The van der Waals surface area contributed by atoms with Crippen LogP contribution in [-0.2, 0) is 9.59 Å². The summed E-state index contributed by atoms with van der Waals surface area (Å²) in [6.45, 7) is 4.27. The lowest BCUT2D eigenvalue weighted by atomic mass is 9.95. The highest BCUT2D eigenvalue weighted by Gasteiger charge is 2.33. The molecule has 0 aromatic carbocycles. The molecule has 1 rings (SSSR count). The average Bonchev–Trinajstić information content (AvgIpc) is 2.82. The van der Waals surface area contributed by atoms with Gasteiger partial charge in [0.1, 0.15) is 0 Å². The second-order valence-corrected chi connectivity index (χ2v) is 5.67. The topological polar surface area (TPSA) is 66.4 Å². The maximum Gasteiger partial charge on any atom is 0.308 e. The van der Waals surface area contributed by atoms with Gasteiger partial charge in [0.05, 0.1) is 5.92 Å². The van der Waals surface area contributed by atoms with Gasteiger partial charge in [-0.05, 0) is 25.2 Å². The van der Waals surface area contributed by atoms with Gasteiger partial charge in [0, 0.05) is 12.5 Å². The molecule has 0 aromatic heterocycles. The molecule has 19 heavy (non-hydrogen) atoms. The number of rotatable bonds is 8. The summed E-state index contributed by atoms with van der Waals surface area (Å²) in [5.41, 5.74) is 0. The van der Waals surface area contributed by atoms with E-state index >= 15 is 0 Å². The van der Waals surface area contributed by atoms with Crippen LogP contribution in [-0.4, -0.2) is 23.0 Å². The monoisotopic (exact) mass is 269 g/mol. The van der Waals surface area contributed by atoms with Crippen LogP contribution in [0.1, 0.15) is 65.2 Å². The fourth-order valence-corrected chi connectivity index (χ4v) is 2.90. The molecular formula is C15H27NO3. The molecule has 0 radical (unpaired) electrons. The molecule has 2 N–H and O–H groups in total. The van der Waals surface area contributed by atoms with Crippen molar-refractivity contribution in [3.05, 3.63) is 0 Å². The number of carboxylic acids is 1. The molecule has 1 aliphatic carbocycles. The molecule has 0 aliphatic heterocycles. The predicted molar refractivity (Wildman–Crippen MR) is 74.8 cm³/mol. The maximum atomic E-state index is 12.0. The van der Waals surface area contributed by atoms with Gasteiger partial charge in [-0.2, -0.15) is 0 Å². The lowest BCUT2D eigenvalue weighted by molar-refractivity contribution is -0.142. The molecule has 110 valence electrons. The lowest BCUT2D eigenvalue weighted by Crippen LogP contribution is -2.40. The first-order valence-corrected chi connectivity index (χ1v) is 7.60. The van der Waals surface area contributed by atoms with Gasteiger partial charge in [0.25, 0.3) is 0 Å². The Morgan fingerprint density at radius 1 is 1.32 bits per heavy atom. The normalized spacial score (nSPS) is 24.1. The van der Waals surface area contributed by atoms with Crippen LogP contribution in [0, 0.1) is 11.8 Å². The molecule has 1 aliphatic rings. The zero-order valence-corrected chi connectivity index (χ0v) is 12.2. The molecule has 1 amide bonds. The number of amides is 1. The van der Waals surface area contributed by atoms with E-state index in [0.717, 1.165) is 38.5 Å². The van der Waals surface area contributed by atoms with Crippen molar-refractivity contribution in [2.24, 2.45) is 11.8 Å². The fraction of sp³-hybridized carbons (Fsp3) is 0.867. The number of unbranched alkanes of at least 4 members (excludes halogenated alkanes) is 1. The van der Waals surface area contributed by atoms with Crippen LogP contribution in [0.5, 0.6) is 0 Å². The van der Waals surface area contributed by atoms with E-state index in [1.165, 1.54) is 0 Å². The lowest BCUT2D eigenvalue weighted by Gasteiger charge is -2.20. The predicted octanol–water partition coefficient (Wildman–Crippen LogP) is 2.96. The number of carboxylic acid groups (broad SMARTS) is 1. The van der Waals surface area contributed by atoms with Crippen LogP contribution in [0.15, 0.2) is 0 Å². The van der Waals surface area contributed by atoms with Gasteiger partial charge in [-0.3, -0.25) is 9.59 Å². The molecule has 1 fully saturated rings. The molecule has 4 heteroatoms. The molecule has 0 bridgehead atoms. The van der Waals surface area contributed by atoms with Crippen molar-refractivity contribution in [3.8, 4) is 0 Å². The zero-order chi connectivity index (χ0) is 14.3. The van der Waals surface area contributed by atoms with Gasteiger partial charge < -0.3 is 10.4 Å². The van der Waals surface area contributed by atoms with Gasteiger partial charge in [-0.1, -0.05) is 39.5 Å². The van der Waals surface area contributed by atoms with Crippen molar-refractivity contribution in [2.45, 2.75) is 71.3 Å². The first-order valence-electron chi connectivity index (χ1n) is 7.60. The summed E-state index contributed by atoms with van der Waals surface area (Å²) in [7, 11) is 0. The number of nitrogens with one attached hydrogen (secondary N) is 1. The van der Waals surface area contributed by atoms with Crippen molar-refractivity contribution in [3.63, 3.8) is 0 Å². The Bertz CT molecular complexity index is 304. The molecule has 0 heterocycles. The van der Waals surface area contributed by atoms with Gasteiger partial charge in [-0.15, -0.1) is 0 Å². The molecule has 3 atom stereocenters. The quantitative estimate of drug-likeness (QED) is 0.712. The standard InChI is InChI=1S/C15H27NO3/c1-3-5-7-11(4-2)10-14(17)16-13-9-6-8-12(13)15(18)19/h11-13H,3-10H2,1-2H3,(H,16,17)(H,18,19)/t11?,12-,13+/m0/s1. The SMILES string of the molecule is CCCCC(CC)CC(=O)N[C@@H]1CCC[C@@H]1C(=O)O. The van der Waals surface area contributed by atoms with E-state index in [2.05, 4.69) is 19.2 Å². The molecule has 0 saturated heterocycles. The third-order valence-electron chi connectivity index (χ3n) is 4.20. The van der Waals surface area contributed by atoms with Crippen molar-refractivity contribution in [1.29, 1.82) is 0 Å². The Kier molecular flexibility index (Phi) is 6.89. The van der Waals surface area contributed by atoms with Crippen molar-refractivity contribution in [2.75, 3.05) is 0 Å². The van der Waals surface area contributed by atoms with E-state index in [9.17, 15) is 9.59 Å². The molecule has 4 nitrogen and oxygen atoms in total. The summed E-state index contributed by atoms with van der Waals surface area (Å²) in [4.78, 5) is 23.1. The minimum atomic E-state index is -0.777. The van der Waals surface area contributed by atoms with Crippen LogP contribution in [0.4, 0.5) is 0 Å². The van der Waals surface area contributed by atoms with Crippen LogP contribution >= 0.6 is 0 Å². The Balaban J connectivity index is 2.39. The number of hydrogen-bond acceptors (Lipinski definition) is 2. The van der Waals surface area contributed by atoms with Gasteiger partial charge in [-0.25, -0.2) is 0 Å². The summed E-state index contributed by atoms with van der Waals surface area (Å²) >= 11 is 0. The Morgan fingerprint density at radius 3 is 2.63 bits per heavy atom. The third-order valence-corrected chi connectivity index (χ3v) is 4.20. The van der Waals surface area contributed by atoms with Gasteiger partial charge >= 0.3 is 5.97 Å². The van der Waals surface area contributed by atoms with Crippen molar-refractivity contribution >= 4 is 11.9 Å². The number of hydrogen-bond donors (Lipinski definition) is 2. The number of carbonyl (C=O) groups excluding carboxylic acids is 1. The molecule has 0 aromatic rings. The summed E-state index contributed by atoms with van der Waals surface area (Å²) in [5, 5.41) is 12.0. The average molecular weight is 269 g/mol. The second kappa shape index (κ2) is 8.18. The molecular weight excluding hydrogens is 242 g/mol. The minimum absolute atomic E-state index is 0.0288. The van der Waals surface area contributed by atoms with Crippen molar-refractivity contribution in [1.82, 2.24) is 5.32 Å². The van der Waals surface area contributed by atoms with Crippen LogP contribution in [0.3, 0.4) is 0 Å². The summed E-state index contributed by atoms with van der Waals surface area (Å²) in [5.74, 6) is -0.703. The maximum absolute atomic E-state index is 12.0. The summed E-state index contributed by atoms with van der Waals surface area (Å²) in [6.07, 6.45) is 7.35. The van der Waals surface area contributed by atoms with Crippen molar-refractivity contribution < 1.29 is 14.7 Å². The summed E-state index contributed by atoms with van der Waals surface area (Å²) < 4.78 is 0.